The van der Waals surface area contributed by atoms with Gasteiger partial charge >= 0.3 is 5.97 Å². The summed E-state index contributed by atoms with van der Waals surface area (Å²) >= 11 is 0. The van der Waals surface area contributed by atoms with E-state index < -0.39 is 28.4 Å². The molecule has 0 saturated carbocycles. The standard InChI is InChI=1S/C44H48N2O6S/c1-31-24-32(2)42(33(3)25-31)53(49,50)45(7)28-41(47)46(27-34-18-20-37(21-19-34)44(4,5)6)38-22-23-39(43(48)52-30-36-16-12-9-13-17-36)40(26-38)51-29-35-14-10-8-11-15-35/h8-26H,27-30H2,1-7H3. The Hall–Kier alpha value is -5.25. The van der Waals surface area contributed by atoms with E-state index in [-0.39, 0.29) is 41.4 Å². The van der Waals surface area contributed by atoms with Gasteiger partial charge in [0.1, 0.15) is 24.5 Å². The molecule has 5 aromatic carbocycles. The van der Waals surface area contributed by atoms with Crippen LogP contribution in [0.5, 0.6) is 5.75 Å². The summed E-state index contributed by atoms with van der Waals surface area (Å²) in [6.07, 6.45) is 0. The highest BCUT2D eigenvalue weighted by Gasteiger charge is 2.30. The van der Waals surface area contributed by atoms with Crippen molar-refractivity contribution in [1.29, 1.82) is 0 Å². The van der Waals surface area contributed by atoms with Crippen LogP contribution >= 0.6 is 0 Å². The molecular formula is C44H48N2O6S. The topological polar surface area (TPSA) is 93.2 Å². The Labute approximate surface area is 314 Å². The van der Waals surface area contributed by atoms with E-state index in [0.29, 0.717) is 16.8 Å². The zero-order chi connectivity index (χ0) is 38.3. The molecule has 0 aliphatic carbocycles. The monoisotopic (exact) mass is 732 g/mol. The minimum atomic E-state index is -4.02. The van der Waals surface area contributed by atoms with Crippen molar-refractivity contribution in [1.82, 2.24) is 4.31 Å². The number of sulfonamides is 1. The predicted molar refractivity (Wildman–Crippen MR) is 210 cm³/mol. The van der Waals surface area contributed by atoms with Gasteiger partial charge in [0.25, 0.3) is 0 Å². The molecule has 0 unspecified atom stereocenters. The minimum absolute atomic E-state index is 0.0622. The van der Waals surface area contributed by atoms with Crippen LogP contribution in [0.15, 0.2) is 120 Å². The number of esters is 1. The Morgan fingerprint density at radius 3 is 1.83 bits per heavy atom. The first-order chi connectivity index (χ1) is 25.1. The first-order valence-electron chi connectivity index (χ1n) is 17.6. The molecule has 1 amide bonds. The summed E-state index contributed by atoms with van der Waals surface area (Å²) < 4.78 is 40.8. The second-order valence-corrected chi connectivity index (χ2v) is 16.4. The second kappa shape index (κ2) is 16.6. The Kier molecular flexibility index (Phi) is 12.2. The molecule has 0 fully saturated rings. The summed E-state index contributed by atoms with van der Waals surface area (Å²) in [6.45, 7) is 11.8. The van der Waals surface area contributed by atoms with Crippen LogP contribution in [0.2, 0.25) is 0 Å². The van der Waals surface area contributed by atoms with Gasteiger partial charge in [0.05, 0.1) is 18.0 Å². The molecule has 0 N–H and O–H groups in total. The van der Waals surface area contributed by atoms with Crippen LogP contribution in [0.1, 0.15) is 70.1 Å². The summed E-state index contributed by atoms with van der Waals surface area (Å²) in [5, 5.41) is 0. The highest BCUT2D eigenvalue weighted by molar-refractivity contribution is 7.89. The molecule has 0 radical (unpaired) electrons. The normalized spacial score (nSPS) is 11.7. The van der Waals surface area contributed by atoms with Gasteiger partial charge in [-0.05, 0) is 71.7 Å². The number of hydrogen-bond donors (Lipinski definition) is 0. The van der Waals surface area contributed by atoms with Crippen LogP contribution in [-0.2, 0) is 44.7 Å². The molecule has 53 heavy (non-hydrogen) atoms. The van der Waals surface area contributed by atoms with Crippen molar-refractivity contribution in [2.45, 2.75) is 71.6 Å². The van der Waals surface area contributed by atoms with Gasteiger partial charge in [-0.2, -0.15) is 4.31 Å². The maximum atomic E-state index is 14.3. The maximum absolute atomic E-state index is 14.3. The third kappa shape index (κ3) is 9.80. The van der Waals surface area contributed by atoms with Crippen molar-refractivity contribution < 1.29 is 27.5 Å². The number of nitrogens with zero attached hydrogens (tertiary/aromatic N) is 2. The number of anilines is 1. The Morgan fingerprint density at radius 2 is 1.26 bits per heavy atom. The van der Waals surface area contributed by atoms with Crippen molar-refractivity contribution >= 4 is 27.6 Å². The molecule has 0 bridgehead atoms. The fourth-order valence-corrected chi connectivity index (χ4v) is 7.73. The van der Waals surface area contributed by atoms with Gasteiger partial charge in [-0.25, -0.2) is 13.2 Å². The molecule has 0 atom stereocenters. The molecular weight excluding hydrogens is 685 g/mol. The number of amides is 1. The molecule has 0 aliphatic heterocycles. The van der Waals surface area contributed by atoms with E-state index in [1.807, 2.05) is 104 Å². The van der Waals surface area contributed by atoms with Crippen LogP contribution in [-0.4, -0.2) is 38.2 Å². The highest BCUT2D eigenvalue weighted by atomic mass is 32.2. The van der Waals surface area contributed by atoms with Crippen LogP contribution in [0, 0.1) is 20.8 Å². The summed E-state index contributed by atoms with van der Waals surface area (Å²) in [7, 11) is -2.60. The number of rotatable bonds is 13. The minimum Gasteiger partial charge on any atom is -0.488 e. The molecule has 5 aromatic rings. The predicted octanol–water partition coefficient (Wildman–Crippen LogP) is 8.70. The van der Waals surface area contributed by atoms with Gasteiger partial charge in [-0.3, -0.25) is 4.79 Å². The van der Waals surface area contributed by atoms with E-state index in [1.54, 1.807) is 32.0 Å². The van der Waals surface area contributed by atoms with Crippen molar-refractivity contribution in [2.75, 3.05) is 18.5 Å². The van der Waals surface area contributed by atoms with E-state index in [1.165, 1.54) is 11.9 Å². The number of ether oxygens (including phenoxy) is 2. The lowest BCUT2D eigenvalue weighted by atomic mass is 9.87. The molecule has 0 aliphatic rings. The average molecular weight is 733 g/mol. The van der Waals surface area contributed by atoms with E-state index in [4.69, 9.17) is 9.47 Å². The van der Waals surface area contributed by atoms with E-state index in [0.717, 1.165) is 32.1 Å². The van der Waals surface area contributed by atoms with Crippen LogP contribution in [0.3, 0.4) is 0 Å². The number of carbonyl (C=O) groups excluding carboxylic acids is 2. The first-order valence-corrected chi connectivity index (χ1v) is 19.0. The molecule has 0 aromatic heterocycles. The number of hydrogen-bond acceptors (Lipinski definition) is 6. The smallest absolute Gasteiger partial charge is 0.342 e. The number of aryl methyl sites for hydroxylation is 3. The third-order valence-corrected chi connectivity index (χ3v) is 11.1. The molecule has 5 rings (SSSR count). The van der Waals surface area contributed by atoms with Gasteiger partial charge in [0.2, 0.25) is 15.9 Å². The molecule has 0 saturated heterocycles. The summed E-state index contributed by atoms with van der Waals surface area (Å²) in [6, 6.07) is 35.5. The van der Waals surface area contributed by atoms with Gasteiger partial charge in [0, 0.05) is 18.8 Å². The zero-order valence-corrected chi connectivity index (χ0v) is 32.4. The SMILES string of the molecule is Cc1cc(C)c(S(=O)(=O)N(C)CC(=O)N(Cc2ccc(C(C)(C)C)cc2)c2ccc(C(=O)OCc3ccccc3)c(OCc3ccccc3)c2)c(C)c1. The van der Waals surface area contributed by atoms with E-state index in [9.17, 15) is 18.0 Å². The molecule has 0 spiro atoms. The van der Waals surface area contributed by atoms with Crippen molar-refractivity contribution in [3.05, 3.63) is 160 Å². The molecule has 9 heteroatoms. The van der Waals surface area contributed by atoms with Gasteiger partial charge in [-0.15, -0.1) is 0 Å². The largest absolute Gasteiger partial charge is 0.488 e. The summed E-state index contributed by atoms with van der Waals surface area (Å²) in [4.78, 5) is 29.5. The molecule has 8 nitrogen and oxygen atoms in total. The Morgan fingerprint density at radius 1 is 0.698 bits per heavy atom. The lowest BCUT2D eigenvalue weighted by Crippen LogP contribution is -2.41. The lowest BCUT2D eigenvalue weighted by molar-refractivity contribution is -0.118. The number of likely N-dealkylation sites (N-methyl/N-ethyl adjacent to an activating group) is 1. The van der Waals surface area contributed by atoms with Crippen LogP contribution in [0.25, 0.3) is 0 Å². The second-order valence-electron chi connectivity index (χ2n) is 14.4. The maximum Gasteiger partial charge on any atom is 0.342 e. The quantitative estimate of drug-likeness (QED) is 0.113. The zero-order valence-electron chi connectivity index (χ0n) is 31.6. The van der Waals surface area contributed by atoms with Crippen molar-refractivity contribution in [3.63, 3.8) is 0 Å². The molecule has 0 heterocycles. The van der Waals surface area contributed by atoms with E-state index >= 15 is 0 Å². The van der Waals surface area contributed by atoms with E-state index in [2.05, 4.69) is 20.8 Å². The lowest BCUT2D eigenvalue weighted by Gasteiger charge is -2.27. The van der Waals surface area contributed by atoms with Gasteiger partial charge in [-0.1, -0.05) is 123 Å². The fraction of sp³-hybridized carbons (Fsp3) is 0.273. The van der Waals surface area contributed by atoms with Gasteiger partial charge < -0.3 is 14.4 Å². The third-order valence-electron chi connectivity index (χ3n) is 9.04. The highest BCUT2D eigenvalue weighted by Crippen LogP contribution is 2.31. The number of benzene rings is 5. The van der Waals surface area contributed by atoms with Crippen molar-refractivity contribution in [2.24, 2.45) is 0 Å². The fourth-order valence-electron chi connectivity index (χ4n) is 6.21. The number of carbonyl (C=O) groups is 2. The summed E-state index contributed by atoms with van der Waals surface area (Å²) in [5.74, 6) is -0.794. The summed E-state index contributed by atoms with van der Waals surface area (Å²) in [5.41, 5.74) is 6.49. The average Bonchev–Trinajstić information content (AvgIpc) is 3.12. The Bertz CT molecular complexity index is 2140. The van der Waals surface area contributed by atoms with Crippen LogP contribution in [0.4, 0.5) is 5.69 Å². The molecule has 276 valence electrons. The van der Waals surface area contributed by atoms with Gasteiger partial charge in [0.15, 0.2) is 0 Å². The Balaban J connectivity index is 1.51. The van der Waals surface area contributed by atoms with Crippen molar-refractivity contribution in [3.8, 4) is 5.75 Å². The van der Waals surface area contributed by atoms with Crippen LogP contribution < -0.4 is 9.64 Å². The first kappa shape index (κ1) is 39.0.